The van der Waals surface area contributed by atoms with Gasteiger partial charge in [-0.25, -0.2) is 0 Å². The first-order chi connectivity index (χ1) is 12.2. The second kappa shape index (κ2) is 7.99. The van der Waals surface area contributed by atoms with Gasteiger partial charge in [0.15, 0.2) is 0 Å². The lowest BCUT2D eigenvalue weighted by atomic mass is 10.00. The molecule has 0 saturated heterocycles. The van der Waals surface area contributed by atoms with E-state index in [1.807, 2.05) is 60.7 Å². The van der Waals surface area contributed by atoms with E-state index in [-0.39, 0.29) is 6.42 Å². The molecule has 3 aromatic rings. The van der Waals surface area contributed by atoms with Gasteiger partial charge in [-0.1, -0.05) is 72.5 Å². The van der Waals surface area contributed by atoms with Gasteiger partial charge in [-0.3, -0.25) is 4.79 Å². The summed E-state index contributed by atoms with van der Waals surface area (Å²) in [6.45, 7) is 0. The summed E-state index contributed by atoms with van der Waals surface area (Å²) >= 11 is 0. The smallest absolute Gasteiger partial charge is 0.303 e. The number of carboxylic acid groups (broad SMARTS) is 1. The molecule has 0 saturated carbocycles. The summed E-state index contributed by atoms with van der Waals surface area (Å²) in [5.41, 5.74) is 5.19. The molecular weight excluding hydrogens is 308 g/mol. The highest BCUT2D eigenvalue weighted by molar-refractivity contribution is 5.71. The molecule has 0 spiro atoms. The molecule has 0 aromatic heterocycles. The number of aliphatic carboxylic acids is 1. The zero-order valence-electron chi connectivity index (χ0n) is 13.8. The van der Waals surface area contributed by atoms with E-state index >= 15 is 0 Å². The van der Waals surface area contributed by atoms with E-state index < -0.39 is 5.97 Å². The van der Waals surface area contributed by atoms with E-state index in [1.165, 1.54) is 0 Å². The SMILES string of the molecule is O=C(O)CCc1ccc(C#Cc2ccccc2-c2ccccc2)cc1. The van der Waals surface area contributed by atoms with Crippen molar-refractivity contribution in [1.82, 2.24) is 0 Å². The molecule has 2 heteroatoms. The zero-order chi connectivity index (χ0) is 17.5. The van der Waals surface area contributed by atoms with Crippen LogP contribution in [0.4, 0.5) is 0 Å². The lowest BCUT2D eigenvalue weighted by Gasteiger charge is -2.04. The predicted octanol–water partition coefficient (Wildman–Crippen LogP) is 4.77. The maximum absolute atomic E-state index is 10.6. The molecule has 0 amide bonds. The number of carboxylic acids is 1. The van der Waals surface area contributed by atoms with Crippen molar-refractivity contribution < 1.29 is 9.90 Å². The van der Waals surface area contributed by atoms with E-state index in [0.29, 0.717) is 6.42 Å². The lowest BCUT2D eigenvalue weighted by molar-refractivity contribution is -0.136. The highest BCUT2D eigenvalue weighted by atomic mass is 16.4. The van der Waals surface area contributed by atoms with Gasteiger partial charge in [-0.2, -0.15) is 0 Å². The number of rotatable bonds is 4. The van der Waals surface area contributed by atoms with Crippen LogP contribution in [0.1, 0.15) is 23.1 Å². The van der Waals surface area contributed by atoms with Crippen molar-refractivity contribution in [1.29, 1.82) is 0 Å². The Hall–Kier alpha value is -3.31. The normalized spacial score (nSPS) is 9.92. The van der Waals surface area contributed by atoms with Crippen molar-refractivity contribution in [2.45, 2.75) is 12.8 Å². The van der Waals surface area contributed by atoms with Gasteiger partial charge in [0.25, 0.3) is 0 Å². The van der Waals surface area contributed by atoms with Gasteiger partial charge in [0.05, 0.1) is 0 Å². The van der Waals surface area contributed by atoms with E-state index in [2.05, 4.69) is 30.0 Å². The number of aryl methyl sites for hydroxylation is 1. The second-order valence-electron chi connectivity index (χ2n) is 5.75. The van der Waals surface area contributed by atoms with Crippen LogP contribution in [-0.2, 0) is 11.2 Å². The monoisotopic (exact) mass is 326 g/mol. The molecule has 0 heterocycles. The number of carbonyl (C=O) groups is 1. The van der Waals surface area contributed by atoms with Gasteiger partial charge in [-0.05, 0) is 41.3 Å². The van der Waals surface area contributed by atoms with Crippen molar-refractivity contribution in [3.8, 4) is 23.0 Å². The van der Waals surface area contributed by atoms with Crippen LogP contribution in [0.2, 0.25) is 0 Å². The Morgan fingerprint density at radius 1 is 0.800 bits per heavy atom. The highest BCUT2D eigenvalue weighted by Gasteiger charge is 2.02. The van der Waals surface area contributed by atoms with Crippen LogP contribution >= 0.6 is 0 Å². The van der Waals surface area contributed by atoms with Gasteiger partial charge < -0.3 is 5.11 Å². The minimum absolute atomic E-state index is 0.148. The first-order valence-electron chi connectivity index (χ1n) is 8.19. The van der Waals surface area contributed by atoms with Gasteiger partial charge in [0.2, 0.25) is 0 Å². The second-order valence-corrected chi connectivity index (χ2v) is 5.75. The summed E-state index contributed by atoms with van der Waals surface area (Å²) in [5, 5.41) is 8.74. The van der Waals surface area contributed by atoms with Crippen molar-refractivity contribution >= 4 is 5.97 Å². The number of hydrogen-bond donors (Lipinski definition) is 1. The molecule has 0 bridgehead atoms. The quantitative estimate of drug-likeness (QED) is 0.701. The molecule has 0 atom stereocenters. The summed E-state index contributed by atoms with van der Waals surface area (Å²) in [7, 11) is 0. The predicted molar refractivity (Wildman–Crippen MR) is 100 cm³/mol. The van der Waals surface area contributed by atoms with Crippen LogP contribution in [0.5, 0.6) is 0 Å². The average Bonchev–Trinajstić information content (AvgIpc) is 2.66. The summed E-state index contributed by atoms with van der Waals surface area (Å²) in [6.07, 6.45) is 0.690. The number of benzene rings is 3. The van der Waals surface area contributed by atoms with Crippen LogP contribution < -0.4 is 0 Å². The van der Waals surface area contributed by atoms with Crippen LogP contribution in [0.15, 0.2) is 78.9 Å². The van der Waals surface area contributed by atoms with Gasteiger partial charge in [-0.15, -0.1) is 0 Å². The third-order valence-electron chi connectivity index (χ3n) is 3.93. The molecule has 1 N–H and O–H groups in total. The molecule has 122 valence electrons. The molecule has 0 fully saturated rings. The minimum Gasteiger partial charge on any atom is -0.481 e. The summed E-state index contributed by atoms with van der Waals surface area (Å²) in [5.74, 6) is 5.67. The maximum atomic E-state index is 10.6. The molecule has 0 aliphatic heterocycles. The van der Waals surface area contributed by atoms with Crippen LogP contribution in [-0.4, -0.2) is 11.1 Å². The Balaban J connectivity index is 1.81. The summed E-state index contributed by atoms with van der Waals surface area (Å²) in [4.78, 5) is 10.6. The van der Waals surface area contributed by atoms with E-state index in [0.717, 1.165) is 27.8 Å². The Morgan fingerprint density at radius 3 is 2.20 bits per heavy atom. The van der Waals surface area contributed by atoms with Crippen molar-refractivity contribution in [3.05, 3.63) is 95.6 Å². The van der Waals surface area contributed by atoms with Gasteiger partial charge >= 0.3 is 5.97 Å². The Kier molecular flexibility index (Phi) is 5.29. The van der Waals surface area contributed by atoms with Crippen LogP contribution in [0.3, 0.4) is 0 Å². The zero-order valence-corrected chi connectivity index (χ0v) is 13.8. The Labute approximate surface area is 147 Å². The molecule has 2 nitrogen and oxygen atoms in total. The third-order valence-corrected chi connectivity index (χ3v) is 3.93. The number of hydrogen-bond acceptors (Lipinski definition) is 1. The van der Waals surface area contributed by atoms with E-state index in [1.54, 1.807) is 0 Å². The Morgan fingerprint density at radius 2 is 1.48 bits per heavy atom. The van der Waals surface area contributed by atoms with E-state index in [4.69, 9.17) is 5.11 Å². The van der Waals surface area contributed by atoms with Crippen molar-refractivity contribution in [2.24, 2.45) is 0 Å². The van der Waals surface area contributed by atoms with Crippen LogP contribution in [0, 0.1) is 11.8 Å². The van der Waals surface area contributed by atoms with E-state index in [9.17, 15) is 4.79 Å². The van der Waals surface area contributed by atoms with Crippen LogP contribution in [0.25, 0.3) is 11.1 Å². The van der Waals surface area contributed by atoms with Crippen molar-refractivity contribution in [2.75, 3.05) is 0 Å². The highest BCUT2D eigenvalue weighted by Crippen LogP contribution is 2.22. The minimum atomic E-state index is -0.776. The third kappa shape index (κ3) is 4.59. The molecular formula is C23H18O2. The molecule has 3 rings (SSSR count). The first-order valence-corrected chi connectivity index (χ1v) is 8.19. The summed E-state index contributed by atoms with van der Waals surface area (Å²) < 4.78 is 0. The van der Waals surface area contributed by atoms with Crippen molar-refractivity contribution in [3.63, 3.8) is 0 Å². The fraction of sp³-hybridized carbons (Fsp3) is 0.0870. The topological polar surface area (TPSA) is 37.3 Å². The average molecular weight is 326 g/mol. The largest absolute Gasteiger partial charge is 0.481 e. The fourth-order valence-electron chi connectivity index (χ4n) is 2.61. The molecule has 0 radical (unpaired) electrons. The maximum Gasteiger partial charge on any atom is 0.303 e. The van der Waals surface area contributed by atoms with Gasteiger partial charge in [0.1, 0.15) is 0 Å². The molecule has 0 aliphatic rings. The standard InChI is InChI=1S/C23H18O2/c24-23(25)17-15-19-12-10-18(11-13-19)14-16-21-8-4-5-9-22(21)20-6-2-1-3-7-20/h1-13H,15,17H2,(H,24,25). The van der Waals surface area contributed by atoms with Gasteiger partial charge in [0, 0.05) is 17.5 Å². The molecule has 3 aromatic carbocycles. The molecule has 0 unspecified atom stereocenters. The Bertz CT molecular complexity index is 914. The fourth-order valence-corrected chi connectivity index (χ4v) is 2.61. The molecule has 25 heavy (non-hydrogen) atoms. The first kappa shape index (κ1) is 16.5. The summed E-state index contributed by atoms with van der Waals surface area (Å²) in [6, 6.07) is 26.1. The lowest BCUT2D eigenvalue weighted by Crippen LogP contribution is -1.97. The molecule has 0 aliphatic carbocycles.